The number of amides is 1. The summed E-state index contributed by atoms with van der Waals surface area (Å²) in [5, 5.41) is 9.21. The van der Waals surface area contributed by atoms with Gasteiger partial charge in [-0.05, 0) is 42.0 Å². The van der Waals surface area contributed by atoms with Crippen molar-refractivity contribution in [1.29, 1.82) is 0 Å². The molecular weight excluding hydrogens is 278 g/mol. The molecule has 0 bridgehead atoms. The number of furan rings is 1. The van der Waals surface area contributed by atoms with E-state index in [1.807, 2.05) is 18.2 Å². The summed E-state index contributed by atoms with van der Waals surface area (Å²) in [5.41, 5.74) is 2.66. The molecule has 2 aromatic rings. The average Bonchev–Trinajstić information content (AvgIpc) is 3.17. The minimum absolute atomic E-state index is 0.0340. The van der Waals surface area contributed by atoms with E-state index in [1.165, 1.54) is 11.1 Å². The average molecular weight is 299 g/mol. The second-order valence-electron chi connectivity index (χ2n) is 5.76. The van der Waals surface area contributed by atoms with E-state index in [0.29, 0.717) is 25.4 Å². The van der Waals surface area contributed by atoms with E-state index in [1.54, 1.807) is 11.2 Å². The molecule has 3 rings (SSSR count). The summed E-state index contributed by atoms with van der Waals surface area (Å²) in [5.74, 6) is 1.11. The Morgan fingerprint density at radius 3 is 2.91 bits per heavy atom. The van der Waals surface area contributed by atoms with Crippen LogP contribution in [0.4, 0.5) is 0 Å². The van der Waals surface area contributed by atoms with Crippen LogP contribution in [0.2, 0.25) is 0 Å². The number of carbonyl (C=O) groups is 1. The topological polar surface area (TPSA) is 53.7 Å². The number of fused-ring (bicyclic) bond motifs is 1. The highest BCUT2D eigenvalue weighted by Crippen LogP contribution is 2.35. The van der Waals surface area contributed by atoms with Crippen LogP contribution in [0, 0.1) is 0 Å². The van der Waals surface area contributed by atoms with Crippen molar-refractivity contribution in [3.8, 4) is 0 Å². The molecule has 1 aliphatic rings. The fourth-order valence-corrected chi connectivity index (χ4v) is 3.20. The van der Waals surface area contributed by atoms with Gasteiger partial charge in [0.25, 0.3) is 0 Å². The molecule has 4 heteroatoms. The van der Waals surface area contributed by atoms with Crippen molar-refractivity contribution >= 4 is 5.91 Å². The molecule has 0 saturated carbocycles. The largest absolute Gasteiger partial charge is 0.467 e. The second kappa shape index (κ2) is 6.79. The summed E-state index contributed by atoms with van der Waals surface area (Å²) in [6.45, 7) is 0.725. The third kappa shape index (κ3) is 3.22. The Bertz CT molecular complexity index is 621. The number of aryl methyl sites for hydroxylation is 1. The Balaban J connectivity index is 1.67. The van der Waals surface area contributed by atoms with Crippen LogP contribution >= 0.6 is 0 Å². The monoisotopic (exact) mass is 299 g/mol. The van der Waals surface area contributed by atoms with Crippen molar-refractivity contribution < 1.29 is 14.3 Å². The van der Waals surface area contributed by atoms with Crippen LogP contribution < -0.4 is 0 Å². The van der Waals surface area contributed by atoms with Crippen molar-refractivity contribution in [3.63, 3.8) is 0 Å². The van der Waals surface area contributed by atoms with Crippen LogP contribution in [0.15, 0.2) is 47.1 Å². The van der Waals surface area contributed by atoms with Crippen LogP contribution in [-0.4, -0.2) is 29.1 Å². The van der Waals surface area contributed by atoms with Crippen molar-refractivity contribution in [2.45, 2.75) is 31.7 Å². The van der Waals surface area contributed by atoms with Crippen molar-refractivity contribution in [3.05, 3.63) is 59.5 Å². The van der Waals surface area contributed by atoms with E-state index in [9.17, 15) is 9.90 Å². The molecule has 1 aliphatic carbocycles. The third-order valence-electron chi connectivity index (χ3n) is 4.33. The van der Waals surface area contributed by atoms with Crippen LogP contribution in [0.3, 0.4) is 0 Å². The number of benzene rings is 1. The lowest BCUT2D eigenvalue weighted by molar-refractivity contribution is -0.133. The summed E-state index contributed by atoms with van der Waals surface area (Å²) in [7, 11) is 0. The fourth-order valence-electron chi connectivity index (χ4n) is 3.20. The number of rotatable bonds is 6. The Labute approximate surface area is 130 Å². The predicted octanol–water partition coefficient (Wildman–Crippen LogP) is 2.72. The van der Waals surface area contributed by atoms with E-state index >= 15 is 0 Å². The van der Waals surface area contributed by atoms with E-state index in [0.717, 1.165) is 18.6 Å². The molecule has 0 saturated heterocycles. The van der Waals surface area contributed by atoms with Crippen LogP contribution in [0.1, 0.15) is 35.6 Å². The summed E-state index contributed by atoms with van der Waals surface area (Å²) >= 11 is 0. The number of carbonyl (C=O) groups excluding carboxylic acids is 1. The molecule has 1 atom stereocenters. The molecule has 1 amide bonds. The molecule has 0 radical (unpaired) electrons. The highest BCUT2D eigenvalue weighted by Gasteiger charge is 2.26. The highest BCUT2D eigenvalue weighted by molar-refractivity contribution is 5.77. The maximum absolute atomic E-state index is 12.6. The Morgan fingerprint density at radius 2 is 2.14 bits per heavy atom. The van der Waals surface area contributed by atoms with Gasteiger partial charge in [-0.3, -0.25) is 4.79 Å². The molecule has 22 heavy (non-hydrogen) atoms. The lowest BCUT2D eigenvalue weighted by Gasteiger charge is -2.22. The molecule has 1 aromatic heterocycles. The molecule has 0 fully saturated rings. The van der Waals surface area contributed by atoms with Gasteiger partial charge in [0.15, 0.2) is 0 Å². The predicted molar refractivity (Wildman–Crippen MR) is 83.3 cm³/mol. The van der Waals surface area contributed by atoms with E-state index < -0.39 is 0 Å². The summed E-state index contributed by atoms with van der Waals surface area (Å²) < 4.78 is 5.31. The van der Waals surface area contributed by atoms with Crippen LogP contribution in [0.5, 0.6) is 0 Å². The second-order valence-corrected chi connectivity index (χ2v) is 5.76. The molecule has 116 valence electrons. The molecule has 0 spiro atoms. The zero-order valence-corrected chi connectivity index (χ0v) is 12.6. The Morgan fingerprint density at radius 1 is 1.27 bits per heavy atom. The number of nitrogens with zero attached hydrogens (tertiary/aromatic N) is 1. The number of hydrogen-bond donors (Lipinski definition) is 1. The van der Waals surface area contributed by atoms with Crippen molar-refractivity contribution in [2.75, 3.05) is 13.2 Å². The maximum Gasteiger partial charge on any atom is 0.223 e. The van der Waals surface area contributed by atoms with Gasteiger partial charge < -0.3 is 14.4 Å². The first-order valence-corrected chi connectivity index (χ1v) is 7.76. The quantitative estimate of drug-likeness (QED) is 0.892. The van der Waals surface area contributed by atoms with Crippen molar-refractivity contribution in [2.24, 2.45) is 0 Å². The first kappa shape index (κ1) is 14.9. The van der Waals surface area contributed by atoms with Gasteiger partial charge in [-0.25, -0.2) is 0 Å². The Hall–Kier alpha value is -2.07. The van der Waals surface area contributed by atoms with Crippen LogP contribution in [-0.2, 0) is 17.8 Å². The van der Waals surface area contributed by atoms with Gasteiger partial charge in [-0.1, -0.05) is 24.3 Å². The Kier molecular flexibility index (Phi) is 4.59. The molecule has 1 N–H and O–H groups in total. The molecule has 1 heterocycles. The molecule has 0 aliphatic heterocycles. The van der Waals surface area contributed by atoms with Gasteiger partial charge in [0.05, 0.1) is 19.4 Å². The first-order chi connectivity index (χ1) is 10.8. The number of aliphatic hydroxyl groups excluding tert-OH is 1. The lowest BCUT2D eigenvalue weighted by Crippen LogP contribution is -2.33. The molecule has 4 nitrogen and oxygen atoms in total. The third-order valence-corrected chi connectivity index (χ3v) is 4.33. The van der Waals surface area contributed by atoms with E-state index in [-0.39, 0.29) is 12.5 Å². The van der Waals surface area contributed by atoms with Gasteiger partial charge in [0.2, 0.25) is 5.91 Å². The van der Waals surface area contributed by atoms with E-state index in [4.69, 9.17) is 4.42 Å². The summed E-state index contributed by atoms with van der Waals surface area (Å²) in [6.07, 6.45) is 4.17. The fraction of sp³-hybridized carbons (Fsp3) is 0.389. The summed E-state index contributed by atoms with van der Waals surface area (Å²) in [6, 6.07) is 12.0. The first-order valence-electron chi connectivity index (χ1n) is 7.76. The van der Waals surface area contributed by atoms with Gasteiger partial charge in [-0.15, -0.1) is 0 Å². The number of hydrogen-bond acceptors (Lipinski definition) is 3. The minimum Gasteiger partial charge on any atom is -0.467 e. The SMILES string of the molecule is O=C(CC1CCc2ccccc21)N(CCO)Cc1ccco1. The lowest BCUT2D eigenvalue weighted by atomic mass is 9.97. The van der Waals surface area contributed by atoms with Gasteiger partial charge in [0.1, 0.15) is 5.76 Å². The zero-order valence-electron chi connectivity index (χ0n) is 12.6. The van der Waals surface area contributed by atoms with Gasteiger partial charge in [0, 0.05) is 13.0 Å². The molecular formula is C18H21NO3. The molecule has 1 unspecified atom stereocenters. The smallest absolute Gasteiger partial charge is 0.223 e. The van der Waals surface area contributed by atoms with Crippen LogP contribution in [0.25, 0.3) is 0 Å². The van der Waals surface area contributed by atoms with Crippen molar-refractivity contribution in [1.82, 2.24) is 4.90 Å². The molecule has 1 aromatic carbocycles. The number of aliphatic hydroxyl groups is 1. The van der Waals surface area contributed by atoms with Gasteiger partial charge in [-0.2, -0.15) is 0 Å². The van der Waals surface area contributed by atoms with E-state index in [2.05, 4.69) is 18.2 Å². The zero-order chi connectivity index (χ0) is 15.4. The normalized spacial score (nSPS) is 16.5. The van der Waals surface area contributed by atoms with Gasteiger partial charge >= 0.3 is 0 Å². The highest BCUT2D eigenvalue weighted by atomic mass is 16.3. The minimum atomic E-state index is -0.0340. The summed E-state index contributed by atoms with van der Waals surface area (Å²) in [4.78, 5) is 14.3. The maximum atomic E-state index is 12.6. The standard InChI is InChI=1S/C18H21NO3/c20-10-9-19(13-16-5-3-11-22-16)18(21)12-15-8-7-14-4-1-2-6-17(14)15/h1-6,11,15,20H,7-10,12-13H2.